The van der Waals surface area contributed by atoms with E-state index in [1.165, 1.54) is 11.1 Å². The quantitative estimate of drug-likeness (QED) is 0.245. The Balaban J connectivity index is 0.00000300. The Bertz CT molecular complexity index is 908. The van der Waals surface area contributed by atoms with Crippen LogP contribution in [0.2, 0.25) is 0 Å². The monoisotopic (exact) mass is 510 g/mol. The van der Waals surface area contributed by atoms with Crippen LogP contribution in [0.25, 0.3) is 11.6 Å². The lowest BCUT2D eigenvalue weighted by atomic mass is 10.1. The van der Waals surface area contributed by atoms with Gasteiger partial charge in [-0.3, -0.25) is 10.1 Å². The maximum absolute atomic E-state index is 5.43. The van der Waals surface area contributed by atoms with Crippen LogP contribution in [0.5, 0.6) is 5.75 Å². The topological polar surface area (TPSA) is 100 Å². The molecule has 29 heavy (non-hydrogen) atoms. The second-order valence-corrected chi connectivity index (χ2v) is 6.32. The van der Waals surface area contributed by atoms with Gasteiger partial charge in [-0.1, -0.05) is 17.7 Å². The highest BCUT2D eigenvalue weighted by atomic mass is 127. The number of hydrogen-bond donors (Lipinski definition) is 3. The van der Waals surface area contributed by atoms with Gasteiger partial charge < -0.3 is 19.8 Å². The van der Waals surface area contributed by atoms with Crippen molar-refractivity contribution in [2.45, 2.75) is 19.8 Å². The molecule has 0 amide bonds. The smallest absolute Gasteiger partial charge is 0.216 e. The molecule has 8 nitrogen and oxygen atoms in total. The minimum absolute atomic E-state index is 0. The van der Waals surface area contributed by atoms with Gasteiger partial charge in [-0.05, 0) is 37.1 Å². The van der Waals surface area contributed by atoms with E-state index >= 15 is 0 Å². The number of guanidine groups is 1. The summed E-state index contributed by atoms with van der Waals surface area (Å²) in [6.45, 7) is 3.52. The van der Waals surface area contributed by atoms with Crippen LogP contribution in [0.15, 0.2) is 46.0 Å². The van der Waals surface area contributed by atoms with E-state index in [9.17, 15) is 0 Å². The first kappa shape index (κ1) is 22.7. The summed E-state index contributed by atoms with van der Waals surface area (Å²) in [7, 11) is 3.45. The van der Waals surface area contributed by atoms with E-state index in [-0.39, 0.29) is 24.0 Å². The minimum Gasteiger partial charge on any atom is -0.496 e. The molecular weight excluding hydrogens is 483 g/mol. The summed E-state index contributed by atoms with van der Waals surface area (Å²) in [4.78, 5) is 8.69. The van der Waals surface area contributed by atoms with Gasteiger partial charge in [0.1, 0.15) is 11.6 Å². The van der Waals surface area contributed by atoms with Crippen molar-refractivity contribution in [3.63, 3.8) is 0 Å². The van der Waals surface area contributed by atoms with Crippen molar-refractivity contribution >= 4 is 29.9 Å². The summed E-state index contributed by atoms with van der Waals surface area (Å²) >= 11 is 0. The molecule has 0 spiro atoms. The van der Waals surface area contributed by atoms with Crippen LogP contribution in [0.4, 0.5) is 0 Å². The molecule has 0 aliphatic heterocycles. The number of aromatic amines is 1. The van der Waals surface area contributed by atoms with Crippen LogP contribution in [0.3, 0.4) is 0 Å². The summed E-state index contributed by atoms with van der Waals surface area (Å²) in [5.74, 6) is 3.67. The molecule has 0 saturated heterocycles. The molecule has 0 aliphatic carbocycles. The Labute approximate surface area is 187 Å². The fraction of sp³-hybridized carbons (Fsp3) is 0.350. The maximum atomic E-state index is 5.43. The van der Waals surface area contributed by atoms with Crippen molar-refractivity contribution in [1.82, 2.24) is 25.8 Å². The van der Waals surface area contributed by atoms with Gasteiger partial charge >= 0.3 is 0 Å². The van der Waals surface area contributed by atoms with Crippen molar-refractivity contribution < 1.29 is 9.15 Å². The Morgan fingerprint density at radius 1 is 1.21 bits per heavy atom. The molecule has 0 radical (unpaired) electrons. The van der Waals surface area contributed by atoms with Crippen molar-refractivity contribution in [1.29, 1.82) is 0 Å². The number of furan rings is 1. The van der Waals surface area contributed by atoms with E-state index in [1.54, 1.807) is 20.4 Å². The van der Waals surface area contributed by atoms with Gasteiger partial charge in [-0.15, -0.1) is 24.0 Å². The lowest BCUT2D eigenvalue weighted by Gasteiger charge is -2.13. The predicted molar refractivity (Wildman–Crippen MR) is 124 cm³/mol. The normalized spacial score (nSPS) is 11.1. The number of aryl methyl sites for hydroxylation is 1. The third-order valence-corrected chi connectivity index (χ3v) is 4.27. The third kappa shape index (κ3) is 6.48. The maximum Gasteiger partial charge on any atom is 0.216 e. The number of hydrogen-bond acceptors (Lipinski definition) is 5. The van der Waals surface area contributed by atoms with E-state index in [0.29, 0.717) is 24.6 Å². The molecule has 0 aliphatic rings. The van der Waals surface area contributed by atoms with E-state index in [1.807, 2.05) is 18.2 Å². The average molecular weight is 510 g/mol. The molecule has 3 N–H and O–H groups in total. The molecule has 3 rings (SSSR count). The molecule has 9 heteroatoms. The highest BCUT2D eigenvalue weighted by molar-refractivity contribution is 14.0. The summed E-state index contributed by atoms with van der Waals surface area (Å²) < 4.78 is 10.7. The standard InChI is InChI=1S/C20H26N6O2.HI/c1-14-6-7-16(27-3)15(13-14)8-10-22-20(21-2)23-11-9-18-24-19(26-25-18)17-5-4-12-28-17;/h4-7,12-13H,8-11H2,1-3H3,(H2,21,22,23)(H,24,25,26);1H. The SMILES string of the molecule is CN=C(NCCc1nc(-c2ccco2)n[nH]1)NCCc1cc(C)ccc1OC.I. The largest absolute Gasteiger partial charge is 0.496 e. The van der Waals surface area contributed by atoms with Gasteiger partial charge in [-0.25, -0.2) is 4.98 Å². The van der Waals surface area contributed by atoms with E-state index in [2.05, 4.69) is 49.9 Å². The van der Waals surface area contributed by atoms with Gasteiger partial charge in [0.05, 0.1) is 13.4 Å². The molecule has 1 aromatic carbocycles. The Morgan fingerprint density at radius 3 is 2.69 bits per heavy atom. The predicted octanol–water partition coefficient (Wildman–Crippen LogP) is 2.95. The number of aliphatic imine (C=N–C) groups is 1. The Morgan fingerprint density at radius 2 is 2.00 bits per heavy atom. The molecule has 3 aromatic rings. The molecule has 0 fully saturated rings. The lowest BCUT2D eigenvalue weighted by molar-refractivity contribution is 0.409. The number of methoxy groups -OCH3 is 1. The highest BCUT2D eigenvalue weighted by Crippen LogP contribution is 2.19. The molecule has 0 bridgehead atoms. The molecular formula is C20H27IN6O2. The number of nitrogens with zero attached hydrogens (tertiary/aromatic N) is 3. The molecule has 2 heterocycles. The summed E-state index contributed by atoms with van der Waals surface area (Å²) in [5, 5.41) is 13.7. The molecule has 0 saturated carbocycles. The number of rotatable bonds is 8. The number of halogens is 1. The van der Waals surface area contributed by atoms with Crippen molar-refractivity contribution in [2.24, 2.45) is 4.99 Å². The second-order valence-electron chi connectivity index (χ2n) is 6.32. The zero-order chi connectivity index (χ0) is 19.8. The van der Waals surface area contributed by atoms with Gasteiger partial charge in [0.15, 0.2) is 11.7 Å². The second kappa shape index (κ2) is 11.4. The number of nitrogens with one attached hydrogen (secondary N) is 3. The third-order valence-electron chi connectivity index (χ3n) is 4.27. The first-order chi connectivity index (χ1) is 13.7. The van der Waals surface area contributed by atoms with Crippen molar-refractivity contribution in [2.75, 3.05) is 27.2 Å². The Hall–Kier alpha value is -2.56. The number of H-pyrrole nitrogens is 1. The number of aromatic nitrogens is 3. The van der Waals surface area contributed by atoms with Crippen LogP contribution in [0.1, 0.15) is 17.0 Å². The zero-order valence-electron chi connectivity index (χ0n) is 16.9. The molecule has 156 valence electrons. The van der Waals surface area contributed by atoms with E-state index in [4.69, 9.17) is 9.15 Å². The van der Waals surface area contributed by atoms with Crippen LogP contribution in [-0.4, -0.2) is 48.4 Å². The lowest BCUT2D eigenvalue weighted by Crippen LogP contribution is -2.39. The first-order valence-electron chi connectivity index (χ1n) is 9.23. The Kier molecular flexibility index (Phi) is 8.97. The van der Waals surface area contributed by atoms with E-state index in [0.717, 1.165) is 30.5 Å². The number of benzene rings is 1. The average Bonchev–Trinajstić information content (AvgIpc) is 3.38. The van der Waals surface area contributed by atoms with E-state index < -0.39 is 0 Å². The van der Waals surface area contributed by atoms with Gasteiger partial charge in [0, 0.05) is 26.6 Å². The van der Waals surface area contributed by atoms with Crippen LogP contribution >= 0.6 is 24.0 Å². The van der Waals surface area contributed by atoms with Crippen LogP contribution in [-0.2, 0) is 12.8 Å². The van der Waals surface area contributed by atoms with Gasteiger partial charge in [0.2, 0.25) is 5.82 Å². The van der Waals surface area contributed by atoms with Gasteiger partial charge in [0.25, 0.3) is 0 Å². The minimum atomic E-state index is 0. The van der Waals surface area contributed by atoms with Crippen molar-refractivity contribution in [3.8, 4) is 17.3 Å². The highest BCUT2D eigenvalue weighted by Gasteiger charge is 2.08. The van der Waals surface area contributed by atoms with Crippen LogP contribution in [0, 0.1) is 6.92 Å². The summed E-state index contributed by atoms with van der Waals surface area (Å²) in [6, 6.07) is 9.86. The first-order valence-corrected chi connectivity index (χ1v) is 9.23. The molecule has 2 aromatic heterocycles. The zero-order valence-corrected chi connectivity index (χ0v) is 19.2. The fourth-order valence-corrected chi connectivity index (χ4v) is 2.86. The van der Waals surface area contributed by atoms with Crippen molar-refractivity contribution in [3.05, 3.63) is 53.5 Å². The molecule has 0 unspecified atom stereocenters. The fourth-order valence-electron chi connectivity index (χ4n) is 2.86. The van der Waals surface area contributed by atoms with Gasteiger partial charge in [-0.2, -0.15) is 5.10 Å². The summed E-state index contributed by atoms with van der Waals surface area (Å²) in [6.07, 6.45) is 3.15. The molecule has 0 atom stereocenters. The summed E-state index contributed by atoms with van der Waals surface area (Å²) in [5.41, 5.74) is 2.40. The number of ether oxygens (including phenoxy) is 1. The van der Waals surface area contributed by atoms with Crippen LogP contribution < -0.4 is 15.4 Å².